The number of alkyl halides is 3. The summed E-state index contributed by atoms with van der Waals surface area (Å²) in [5, 5.41) is 2.91. The predicted octanol–water partition coefficient (Wildman–Crippen LogP) is 2.37. The SMILES string of the molecule is CN1CCN(Cc2ccccc2OC(F)(F)F)C[C@]12CCNC(=O)CC2. The van der Waals surface area contributed by atoms with E-state index >= 15 is 0 Å². The van der Waals surface area contributed by atoms with Crippen LogP contribution in [0.15, 0.2) is 24.3 Å². The Kier molecular flexibility index (Phi) is 5.43. The summed E-state index contributed by atoms with van der Waals surface area (Å²) in [4.78, 5) is 16.2. The summed E-state index contributed by atoms with van der Waals surface area (Å²) in [5.41, 5.74) is 0.393. The summed E-state index contributed by atoms with van der Waals surface area (Å²) < 4.78 is 42.1. The molecular weight excluding hydrogens is 347 g/mol. The molecule has 1 aromatic carbocycles. The third kappa shape index (κ3) is 4.48. The first-order valence-electron chi connectivity index (χ1n) is 8.81. The molecule has 2 saturated heterocycles. The second-order valence-electron chi connectivity index (χ2n) is 7.11. The average Bonchev–Trinajstić information content (AvgIpc) is 2.74. The van der Waals surface area contributed by atoms with E-state index in [9.17, 15) is 18.0 Å². The molecule has 1 N–H and O–H groups in total. The summed E-state index contributed by atoms with van der Waals surface area (Å²) in [6.07, 6.45) is -2.63. The maximum Gasteiger partial charge on any atom is 0.573 e. The van der Waals surface area contributed by atoms with Crippen LogP contribution in [-0.2, 0) is 11.3 Å². The van der Waals surface area contributed by atoms with E-state index in [1.807, 2.05) is 0 Å². The van der Waals surface area contributed by atoms with Gasteiger partial charge in [0.05, 0.1) is 0 Å². The van der Waals surface area contributed by atoms with Crippen molar-refractivity contribution in [1.29, 1.82) is 0 Å². The highest BCUT2D eigenvalue weighted by Gasteiger charge is 2.41. The second kappa shape index (κ2) is 7.44. The molecule has 1 amide bonds. The van der Waals surface area contributed by atoms with Gasteiger partial charge < -0.3 is 10.1 Å². The van der Waals surface area contributed by atoms with Crippen molar-refractivity contribution >= 4 is 5.91 Å². The fourth-order valence-electron chi connectivity index (χ4n) is 3.91. The second-order valence-corrected chi connectivity index (χ2v) is 7.11. The Bertz CT molecular complexity index is 653. The molecule has 0 aromatic heterocycles. The zero-order valence-corrected chi connectivity index (χ0v) is 14.8. The average molecular weight is 371 g/mol. The number of para-hydroxylation sites is 1. The minimum absolute atomic E-state index is 0.0660. The first-order valence-corrected chi connectivity index (χ1v) is 8.81. The highest BCUT2D eigenvalue weighted by Crippen LogP contribution is 2.33. The monoisotopic (exact) mass is 371 g/mol. The summed E-state index contributed by atoms with van der Waals surface area (Å²) in [6.45, 7) is 3.32. The smallest absolute Gasteiger partial charge is 0.405 e. The first kappa shape index (κ1) is 19.0. The Morgan fingerprint density at radius 1 is 1.23 bits per heavy atom. The maximum atomic E-state index is 12.6. The normalized spacial score (nSPS) is 25.8. The largest absolute Gasteiger partial charge is 0.573 e. The molecule has 1 aromatic rings. The molecule has 0 saturated carbocycles. The number of hydrogen-bond donors (Lipinski definition) is 1. The summed E-state index contributed by atoms with van der Waals surface area (Å²) in [6, 6.07) is 6.28. The molecule has 0 aliphatic carbocycles. The minimum atomic E-state index is -4.70. The molecule has 2 fully saturated rings. The van der Waals surface area contributed by atoms with Crippen LogP contribution in [0, 0.1) is 0 Å². The van der Waals surface area contributed by atoms with Crippen LogP contribution in [0.2, 0.25) is 0 Å². The third-order valence-electron chi connectivity index (χ3n) is 5.40. The van der Waals surface area contributed by atoms with Crippen molar-refractivity contribution in [2.45, 2.75) is 37.7 Å². The van der Waals surface area contributed by atoms with Gasteiger partial charge in [-0.15, -0.1) is 13.2 Å². The molecule has 2 aliphatic heterocycles. The van der Waals surface area contributed by atoms with Crippen LogP contribution in [-0.4, -0.2) is 60.8 Å². The molecule has 8 heteroatoms. The van der Waals surface area contributed by atoms with Gasteiger partial charge >= 0.3 is 6.36 Å². The van der Waals surface area contributed by atoms with Crippen molar-refractivity contribution in [3.8, 4) is 5.75 Å². The van der Waals surface area contributed by atoms with E-state index in [4.69, 9.17) is 0 Å². The number of halogens is 3. The first-order chi connectivity index (χ1) is 12.3. The van der Waals surface area contributed by atoms with E-state index < -0.39 is 6.36 Å². The van der Waals surface area contributed by atoms with Crippen LogP contribution in [0.1, 0.15) is 24.8 Å². The van der Waals surface area contributed by atoms with Gasteiger partial charge in [-0.1, -0.05) is 18.2 Å². The quantitative estimate of drug-likeness (QED) is 0.886. The Morgan fingerprint density at radius 2 is 2.00 bits per heavy atom. The molecule has 0 bridgehead atoms. The number of piperazine rings is 1. The van der Waals surface area contributed by atoms with E-state index in [-0.39, 0.29) is 17.2 Å². The molecule has 1 spiro atoms. The van der Waals surface area contributed by atoms with Crippen molar-refractivity contribution in [2.75, 3.05) is 33.2 Å². The Morgan fingerprint density at radius 3 is 2.77 bits per heavy atom. The number of likely N-dealkylation sites (N-methyl/N-ethyl adjacent to an activating group) is 1. The Labute approximate surface area is 151 Å². The van der Waals surface area contributed by atoms with Gasteiger partial charge in [0.25, 0.3) is 0 Å². The zero-order chi connectivity index (χ0) is 18.8. The Hall–Kier alpha value is -1.80. The van der Waals surface area contributed by atoms with Crippen LogP contribution >= 0.6 is 0 Å². The van der Waals surface area contributed by atoms with Gasteiger partial charge in [-0.2, -0.15) is 0 Å². The lowest BCUT2D eigenvalue weighted by molar-refractivity contribution is -0.275. The van der Waals surface area contributed by atoms with Crippen LogP contribution in [0.4, 0.5) is 13.2 Å². The number of nitrogens with zero attached hydrogens (tertiary/aromatic N) is 2. The number of carbonyl (C=O) groups excluding carboxylic acids is 1. The lowest BCUT2D eigenvalue weighted by Gasteiger charge is -2.49. The maximum absolute atomic E-state index is 12.6. The van der Waals surface area contributed by atoms with Crippen LogP contribution in [0.25, 0.3) is 0 Å². The van der Waals surface area contributed by atoms with Gasteiger partial charge in [-0.3, -0.25) is 14.6 Å². The summed E-state index contributed by atoms with van der Waals surface area (Å²) in [7, 11) is 2.06. The van der Waals surface area contributed by atoms with Gasteiger partial charge in [-0.25, -0.2) is 0 Å². The molecule has 144 valence electrons. The highest BCUT2D eigenvalue weighted by molar-refractivity contribution is 5.76. The molecule has 1 atom stereocenters. The van der Waals surface area contributed by atoms with Crippen molar-refractivity contribution in [2.24, 2.45) is 0 Å². The van der Waals surface area contributed by atoms with Crippen molar-refractivity contribution in [3.63, 3.8) is 0 Å². The Balaban J connectivity index is 1.74. The van der Waals surface area contributed by atoms with Gasteiger partial charge in [0, 0.05) is 50.2 Å². The van der Waals surface area contributed by atoms with Gasteiger partial charge in [0.2, 0.25) is 5.91 Å². The zero-order valence-electron chi connectivity index (χ0n) is 14.8. The number of hydrogen-bond acceptors (Lipinski definition) is 4. The molecule has 0 radical (unpaired) electrons. The molecule has 0 unspecified atom stereocenters. The molecule has 5 nitrogen and oxygen atoms in total. The van der Waals surface area contributed by atoms with E-state index in [1.165, 1.54) is 6.07 Å². The lowest BCUT2D eigenvalue weighted by Crippen LogP contribution is -2.60. The van der Waals surface area contributed by atoms with E-state index in [0.29, 0.717) is 25.1 Å². The molecule has 26 heavy (non-hydrogen) atoms. The topological polar surface area (TPSA) is 44.8 Å². The van der Waals surface area contributed by atoms with Crippen LogP contribution in [0.5, 0.6) is 5.75 Å². The van der Waals surface area contributed by atoms with Gasteiger partial charge in [-0.05, 0) is 26.0 Å². The predicted molar refractivity (Wildman–Crippen MR) is 90.6 cm³/mol. The van der Waals surface area contributed by atoms with Crippen molar-refractivity contribution in [3.05, 3.63) is 29.8 Å². The minimum Gasteiger partial charge on any atom is -0.405 e. The van der Waals surface area contributed by atoms with E-state index in [0.717, 1.165) is 32.5 Å². The van der Waals surface area contributed by atoms with E-state index in [2.05, 4.69) is 26.9 Å². The number of ether oxygens (including phenoxy) is 1. The fraction of sp³-hybridized carbons (Fsp3) is 0.611. The lowest BCUT2D eigenvalue weighted by atomic mass is 9.86. The van der Waals surface area contributed by atoms with E-state index in [1.54, 1.807) is 18.2 Å². The molecular formula is C18H24F3N3O2. The van der Waals surface area contributed by atoms with Crippen LogP contribution in [0.3, 0.4) is 0 Å². The van der Waals surface area contributed by atoms with Gasteiger partial charge in [0.15, 0.2) is 0 Å². The van der Waals surface area contributed by atoms with Crippen molar-refractivity contribution < 1.29 is 22.7 Å². The number of carbonyl (C=O) groups is 1. The fourth-order valence-corrected chi connectivity index (χ4v) is 3.91. The molecule has 2 heterocycles. The molecule has 2 aliphatic rings. The van der Waals surface area contributed by atoms with Crippen LogP contribution < -0.4 is 10.1 Å². The summed E-state index contributed by atoms with van der Waals surface area (Å²) >= 11 is 0. The number of amides is 1. The molecule has 3 rings (SSSR count). The number of nitrogens with one attached hydrogen (secondary N) is 1. The third-order valence-corrected chi connectivity index (χ3v) is 5.40. The van der Waals surface area contributed by atoms with Gasteiger partial charge in [0.1, 0.15) is 5.75 Å². The highest BCUT2D eigenvalue weighted by atomic mass is 19.4. The number of benzene rings is 1. The van der Waals surface area contributed by atoms with Crippen molar-refractivity contribution in [1.82, 2.24) is 15.1 Å². The number of rotatable bonds is 3. The summed E-state index contributed by atoms with van der Waals surface area (Å²) in [5.74, 6) is -0.0815. The standard InChI is InChI=1S/C18H24F3N3O2/c1-23-10-11-24(13-17(23)7-6-16(25)22-9-8-17)12-14-4-2-3-5-15(14)26-18(19,20)21/h2-5H,6-13H2,1H3,(H,22,25)/t17-/m0/s1.